The van der Waals surface area contributed by atoms with Crippen molar-refractivity contribution >= 4 is 0 Å². The predicted octanol–water partition coefficient (Wildman–Crippen LogP) is 6.93. The molecule has 0 aromatic carbocycles. The van der Waals surface area contributed by atoms with Crippen molar-refractivity contribution in [2.24, 2.45) is 52.3 Å². The van der Waals surface area contributed by atoms with Crippen molar-refractivity contribution in [3.05, 3.63) is 0 Å². The third kappa shape index (κ3) is 4.19. The zero-order valence-corrected chi connectivity index (χ0v) is 20.9. The van der Waals surface area contributed by atoms with Gasteiger partial charge in [-0.3, -0.25) is 0 Å². The van der Waals surface area contributed by atoms with Crippen LogP contribution in [-0.4, -0.2) is 22.9 Å². The summed E-state index contributed by atoms with van der Waals surface area (Å²) in [6.45, 7) is 18.3. The molecule has 0 aromatic rings. The Bertz CT molecular complexity index is 505. The first kappa shape index (κ1) is 25.2. The van der Waals surface area contributed by atoms with Gasteiger partial charge in [0.1, 0.15) is 0 Å². The first-order chi connectivity index (χ1) is 13.8. The molecule has 0 radical (unpaired) electrons. The van der Waals surface area contributed by atoms with Crippen LogP contribution in [0.15, 0.2) is 0 Å². The van der Waals surface area contributed by atoms with E-state index in [-0.39, 0.29) is 6.10 Å². The fourth-order valence-corrected chi connectivity index (χ4v) is 8.84. The lowest BCUT2D eigenvalue weighted by atomic mass is 9.44. The Labute approximate surface area is 182 Å². The van der Waals surface area contributed by atoms with Crippen LogP contribution in [0, 0.1) is 52.3 Å². The van der Waals surface area contributed by atoms with E-state index in [1.807, 2.05) is 27.7 Å². The summed E-state index contributed by atoms with van der Waals surface area (Å²) in [5, 5.41) is 20.0. The van der Waals surface area contributed by atoms with E-state index < -0.39 is 0 Å². The van der Waals surface area contributed by atoms with Crippen molar-refractivity contribution in [2.75, 3.05) is 6.61 Å². The van der Waals surface area contributed by atoms with Crippen LogP contribution in [0.3, 0.4) is 0 Å². The third-order valence-corrected chi connectivity index (χ3v) is 10.00. The molecule has 29 heavy (non-hydrogen) atoms. The Hall–Kier alpha value is -0.0800. The molecule has 4 rings (SSSR count). The Morgan fingerprint density at radius 2 is 1.52 bits per heavy atom. The number of fused-ring (bicyclic) bond motifs is 5. The van der Waals surface area contributed by atoms with Gasteiger partial charge in [0.25, 0.3) is 0 Å². The quantitative estimate of drug-likeness (QED) is 0.520. The summed E-state index contributed by atoms with van der Waals surface area (Å²) in [5.74, 6) is 5.35. The maximum absolute atomic E-state index is 10.2. The van der Waals surface area contributed by atoms with Gasteiger partial charge in [-0.1, -0.05) is 55.4 Å². The van der Waals surface area contributed by atoms with Gasteiger partial charge < -0.3 is 10.2 Å². The first-order valence-electron chi connectivity index (χ1n) is 13.1. The minimum Gasteiger partial charge on any atom is -0.396 e. The van der Waals surface area contributed by atoms with Gasteiger partial charge in [-0.25, -0.2) is 0 Å². The molecule has 0 spiro atoms. The summed E-state index contributed by atoms with van der Waals surface area (Å²) in [6, 6.07) is 0. The number of hydrogen-bond acceptors (Lipinski definition) is 2. The molecular weight excluding hydrogens is 356 g/mol. The standard InChI is InChI=1S/C23H40O2.2C2H6/c1-14-11-20(15(2)13-24)23(4)10-8-19-18(21(14)23)6-5-16-12-17(25)7-9-22(16,19)3;2*1-2/h14-21,24-25H,5-13H2,1-4H3;2*1-2H3/t14?,15-,16?,17?,18?,19?,20?,21?,22?,23?;;/m1../s1. The summed E-state index contributed by atoms with van der Waals surface area (Å²) in [4.78, 5) is 0. The molecule has 2 nitrogen and oxygen atoms in total. The summed E-state index contributed by atoms with van der Waals surface area (Å²) >= 11 is 0. The maximum atomic E-state index is 10.2. The molecule has 0 heterocycles. The van der Waals surface area contributed by atoms with Crippen LogP contribution in [0.25, 0.3) is 0 Å². The number of rotatable bonds is 2. The first-order valence-corrected chi connectivity index (χ1v) is 13.1. The van der Waals surface area contributed by atoms with Gasteiger partial charge in [0, 0.05) is 6.61 Å². The van der Waals surface area contributed by atoms with E-state index in [0.717, 1.165) is 42.4 Å². The van der Waals surface area contributed by atoms with E-state index in [1.54, 1.807) is 0 Å². The number of aliphatic hydroxyl groups excluding tert-OH is 2. The summed E-state index contributed by atoms with van der Waals surface area (Å²) < 4.78 is 0. The van der Waals surface area contributed by atoms with E-state index in [9.17, 15) is 10.2 Å². The molecule has 2 heteroatoms. The minimum absolute atomic E-state index is 0.0383. The predicted molar refractivity (Wildman–Crippen MR) is 125 cm³/mol. The zero-order valence-electron chi connectivity index (χ0n) is 20.9. The van der Waals surface area contributed by atoms with Gasteiger partial charge in [-0.05, 0) is 104 Å². The largest absolute Gasteiger partial charge is 0.396 e. The minimum atomic E-state index is -0.0383. The lowest BCUT2D eigenvalue weighted by Gasteiger charge is -2.61. The van der Waals surface area contributed by atoms with Gasteiger partial charge in [0.2, 0.25) is 0 Å². The van der Waals surface area contributed by atoms with Gasteiger partial charge in [-0.15, -0.1) is 0 Å². The van der Waals surface area contributed by atoms with Crippen LogP contribution >= 0.6 is 0 Å². The summed E-state index contributed by atoms with van der Waals surface area (Å²) in [6.07, 6.45) is 10.1. The van der Waals surface area contributed by atoms with Gasteiger partial charge in [-0.2, -0.15) is 0 Å². The highest BCUT2D eigenvalue weighted by atomic mass is 16.3. The fourth-order valence-electron chi connectivity index (χ4n) is 8.84. The van der Waals surface area contributed by atoms with E-state index in [4.69, 9.17) is 0 Å². The van der Waals surface area contributed by atoms with Crippen LogP contribution in [-0.2, 0) is 0 Å². The second kappa shape index (κ2) is 10.0. The highest BCUT2D eigenvalue weighted by Gasteiger charge is 2.62. The smallest absolute Gasteiger partial charge is 0.0543 e. The zero-order chi connectivity index (χ0) is 22.0. The molecule has 2 N–H and O–H groups in total. The molecule has 0 aromatic heterocycles. The molecule has 4 fully saturated rings. The van der Waals surface area contributed by atoms with Crippen molar-refractivity contribution in [1.82, 2.24) is 0 Å². The van der Waals surface area contributed by atoms with Crippen molar-refractivity contribution in [2.45, 2.75) is 113 Å². The van der Waals surface area contributed by atoms with Crippen molar-refractivity contribution in [1.29, 1.82) is 0 Å². The molecule has 9 unspecified atom stereocenters. The molecule has 0 saturated heterocycles. The van der Waals surface area contributed by atoms with E-state index in [2.05, 4.69) is 27.7 Å². The van der Waals surface area contributed by atoms with Crippen molar-refractivity contribution < 1.29 is 10.2 Å². The average Bonchev–Trinajstić information content (AvgIpc) is 3.01. The molecule has 10 atom stereocenters. The van der Waals surface area contributed by atoms with Crippen LogP contribution < -0.4 is 0 Å². The van der Waals surface area contributed by atoms with E-state index >= 15 is 0 Å². The Kier molecular flexibility index (Phi) is 8.71. The maximum Gasteiger partial charge on any atom is 0.0543 e. The molecule has 0 bridgehead atoms. The Morgan fingerprint density at radius 3 is 2.14 bits per heavy atom. The molecule has 4 aliphatic rings. The number of hydrogen-bond donors (Lipinski definition) is 2. The second-order valence-electron chi connectivity index (χ2n) is 11.0. The molecule has 172 valence electrons. The molecule has 4 saturated carbocycles. The van der Waals surface area contributed by atoms with Gasteiger partial charge in [0.05, 0.1) is 6.10 Å². The fraction of sp³-hybridized carbons (Fsp3) is 1.00. The summed E-state index contributed by atoms with van der Waals surface area (Å²) in [7, 11) is 0. The normalized spacial score (nSPS) is 49.2. The van der Waals surface area contributed by atoms with Gasteiger partial charge in [0.15, 0.2) is 0 Å². The lowest BCUT2D eigenvalue weighted by molar-refractivity contribution is -0.135. The molecule has 4 aliphatic carbocycles. The summed E-state index contributed by atoms with van der Waals surface area (Å²) in [5.41, 5.74) is 0.921. The Balaban J connectivity index is 0.000000707. The van der Waals surface area contributed by atoms with Crippen LogP contribution in [0.2, 0.25) is 0 Å². The lowest BCUT2D eigenvalue weighted by Crippen LogP contribution is -2.54. The van der Waals surface area contributed by atoms with E-state index in [1.165, 1.54) is 38.5 Å². The van der Waals surface area contributed by atoms with Crippen LogP contribution in [0.5, 0.6) is 0 Å². The van der Waals surface area contributed by atoms with E-state index in [0.29, 0.717) is 29.3 Å². The Morgan fingerprint density at radius 1 is 0.897 bits per heavy atom. The SMILES string of the molecule is CC.CC.CC1CC([C@H](C)CO)C2(C)CCC3C(CCC4CC(O)CCC43C)C12. The average molecular weight is 409 g/mol. The highest BCUT2D eigenvalue weighted by molar-refractivity contribution is 5.11. The van der Waals surface area contributed by atoms with Crippen LogP contribution in [0.4, 0.5) is 0 Å². The third-order valence-electron chi connectivity index (χ3n) is 10.00. The monoisotopic (exact) mass is 408 g/mol. The van der Waals surface area contributed by atoms with Gasteiger partial charge >= 0.3 is 0 Å². The second-order valence-corrected chi connectivity index (χ2v) is 11.0. The molecule has 0 amide bonds. The topological polar surface area (TPSA) is 40.5 Å². The molecular formula is C27H52O2. The van der Waals surface area contributed by atoms with Crippen molar-refractivity contribution in [3.8, 4) is 0 Å². The van der Waals surface area contributed by atoms with Crippen molar-refractivity contribution in [3.63, 3.8) is 0 Å². The molecule has 0 aliphatic heterocycles. The highest BCUT2D eigenvalue weighted by Crippen LogP contribution is 2.69. The van der Waals surface area contributed by atoms with Crippen LogP contribution in [0.1, 0.15) is 107 Å². The number of aliphatic hydroxyl groups is 2.